The van der Waals surface area contributed by atoms with Crippen molar-refractivity contribution in [2.24, 2.45) is 0 Å². The summed E-state index contributed by atoms with van der Waals surface area (Å²) >= 11 is 0. The van der Waals surface area contributed by atoms with Crippen LogP contribution in [0.15, 0.2) is 30.6 Å². The third kappa shape index (κ3) is 3.89. The topological polar surface area (TPSA) is 71.1 Å². The van der Waals surface area contributed by atoms with Crippen LogP contribution in [0.2, 0.25) is 0 Å². The molecule has 1 aliphatic heterocycles. The van der Waals surface area contributed by atoms with Crippen LogP contribution in [-0.4, -0.2) is 44.9 Å². The largest absolute Gasteiger partial charge is 0.444 e. The molecule has 1 saturated carbocycles. The van der Waals surface area contributed by atoms with Crippen molar-refractivity contribution in [3.63, 3.8) is 0 Å². The Morgan fingerprint density at radius 1 is 1.30 bits per heavy atom. The number of pyridine rings is 1. The van der Waals surface area contributed by atoms with E-state index < -0.39 is 5.60 Å². The van der Waals surface area contributed by atoms with Gasteiger partial charge in [0, 0.05) is 42.5 Å². The molecule has 0 radical (unpaired) electrons. The highest BCUT2D eigenvalue weighted by molar-refractivity contribution is 5.81. The molecule has 0 saturated heterocycles. The van der Waals surface area contributed by atoms with Gasteiger partial charge in [0.25, 0.3) is 0 Å². The van der Waals surface area contributed by atoms with E-state index in [2.05, 4.69) is 27.3 Å². The normalized spacial score (nSPS) is 17.6. The molecule has 27 heavy (non-hydrogen) atoms. The van der Waals surface area contributed by atoms with Gasteiger partial charge in [0.1, 0.15) is 5.60 Å². The van der Waals surface area contributed by atoms with Crippen molar-refractivity contribution in [3.8, 4) is 11.3 Å². The molecule has 1 N–H and O–H groups in total. The molecule has 0 bridgehead atoms. The van der Waals surface area contributed by atoms with Crippen molar-refractivity contribution in [1.29, 1.82) is 0 Å². The van der Waals surface area contributed by atoms with E-state index in [1.807, 2.05) is 39.2 Å². The fourth-order valence-electron chi connectivity index (χ4n) is 3.44. The van der Waals surface area contributed by atoms with Crippen LogP contribution < -0.4 is 0 Å². The van der Waals surface area contributed by atoms with Crippen LogP contribution in [0.4, 0.5) is 4.79 Å². The molecule has 6 nitrogen and oxygen atoms in total. The second kappa shape index (κ2) is 6.83. The van der Waals surface area contributed by atoms with Gasteiger partial charge in [-0.3, -0.25) is 10.1 Å². The number of nitrogens with one attached hydrogen (secondary N) is 1. The summed E-state index contributed by atoms with van der Waals surface area (Å²) in [5.41, 5.74) is 5.08. The van der Waals surface area contributed by atoms with Gasteiger partial charge in [0.15, 0.2) is 0 Å². The summed E-state index contributed by atoms with van der Waals surface area (Å²) in [4.78, 5) is 18.7. The lowest BCUT2D eigenvalue weighted by Crippen LogP contribution is -2.39. The molecule has 1 fully saturated rings. The fraction of sp³-hybridized carbons (Fsp3) is 0.476. The quantitative estimate of drug-likeness (QED) is 0.875. The summed E-state index contributed by atoms with van der Waals surface area (Å²) in [6.07, 6.45) is 8.84. The summed E-state index contributed by atoms with van der Waals surface area (Å²) in [6, 6.07) is 4.08. The molecule has 0 unspecified atom stereocenters. The Labute approximate surface area is 159 Å². The minimum atomic E-state index is -0.474. The van der Waals surface area contributed by atoms with Crippen LogP contribution in [0.25, 0.3) is 16.8 Å². The Morgan fingerprint density at radius 2 is 2.11 bits per heavy atom. The maximum Gasteiger partial charge on any atom is 0.410 e. The van der Waals surface area contributed by atoms with Crippen LogP contribution in [0.1, 0.15) is 57.2 Å². The summed E-state index contributed by atoms with van der Waals surface area (Å²) < 4.78 is 5.48. The molecule has 0 spiro atoms. The Bertz CT molecular complexity index is 874. The number of hydrogen-bond acceptors (Lipinski definition) is 4. The van der Waals surface area contributed by atoms with E-state index >= 15 is 0 Å². The van der Waals surface area contributed by atoms with E-state index in [0.29, 0.717) is 19.0 Å². The molecule has 142 valence electrons. The van der Waals surface area contributed by atoms with E-state index in [1.165, 1.54) is 18.4 Å². The van der Waals surface area contributed by atoms with Crippen LogP contribution in [0.5, 0.6) is 0 Å². The van der Waals surface area contributed by atoms with Gasteiger partial charge >= 0.3 is 6.09 Å². The average molecular weight is 366 g/mol. The first kappa shape index (κ1) is 17.8. The molecule has 0 aromatic carbocycles. The lowest BCUT2D eigenvalue weighted by atomic mass is 9.94. The van der Waals surface area contributed by atoms with Gasteiger partial charge in [-0.25, -0.2) is 4.79 Å². The number of amides is 1. The van der Waals surface area contributed by atoms with Crippen molar-refractivity contribution in [1.82, 2.24) is 20.1 Å². The maximum absolute atomic E-state index is 12.3. The monoisotopic (exact) mass is 366 g/mol. The zero-order valence-corrected chi connectivity index (χ0v) is 16.2. The van der Waals surface area contributed by atoms with Gasteiger partial charge in [0.2, 0.25) is 0 Å². The highest BCUT2D eigenvalue weighted by Crippen LogP contribution is 2.44. The van der Waals surface area contributed by atoms with Crippen molar-refractivity contribution in [2.45, 2.75) is 51.6 Å². The lowest BCUT2D eigenvalue weighted by molar-refractivity contribution is 0.0270. The minimum absolute atomic E-state index is 0.255. The molecule has 2 aliphatic rings. The van der Waals surface area contributed by atoms with Gasteiger partial charge in [-0.2, -0.15) is 5.10 Å². The number of aromatic nitrogens is 3. The fourth-order valence-corrected chi connectivity index (χ4v) is 3.44. The number of rotatable bonds is 3. The zero-order chi connectivity index (χ0) is 19.0. The van der Waals surface area contributed by atoms with Crippen molar-refractivity contribution >= 4 is 11.7 Å². The van der Waals surface area contributed by atoms with E-state index in [9.17, 15) is 4.79 Å². The van der Waals surface area contributed by atoms with Crippen LogP contribution >= 0.6 is 0 Å². The third-order valence-electron chi connectivity index (χ3n) is 4.90. The number of hydrogen-bond donors (Lipinski definition) is 1. The maximum atomic E-state index is 12.3. The van der Waals surface area contributed by atoms with Crippen LogP contribution in [-0.2, 0) is 4.74 Å². The highest BCUT2D eigenvalue weighted by atomic mass is 16.6. The smallest absolute Gasteiger partial charge is 0.410 e. The number of aromatic amines is 1. The van der Waals surface area contributed by atoms with E-state index in [0.717, 1.165) is 28.9 Å². The SMILES string of the molecule is CC(C)(C)OC(=O)N1CC=C(c2cccnc2-c2c[nH]nc2C2CC2)CC1. The van der Waals surface area contributed by atoms with Gasteiger partial charge in [0.05, 0.1) is 11.4 Å². The Hall–Kier alpha value is -2.63. The van der Waals surface area contributed by atoms with Crippen LogP contribution in [0, 0.1) is 0 Å². The summed E-state index contributed by atoms with van der Waals surface area (Å²) in [5, 5.41) is 7.47. The van der Waals surface area contributed by atoms with Crippen molar-refractivity contribution in [3.05, 3.63) is 41.9 Å². The van der Waals surface area contributed by atoms with Crippen molar-refractivity contribution in [2.75, 3.05) is 13.1 Å². The van der Waals surface area contributed by atoms with E-state index in [-0.39, 0.29) is 6.09 Å². The number of carbonyl (C=O) groups is 1. The molecule has 6 heteroatoms. The molecule has 4 rings (SSSR count). The second-order valence-electron chi connectivity index (χ2n) is 8.26. The number of nitrogens with zero attached hydrogens (tertiary/aromatic N) is 3. The summed E-state index contributed by atoms with van der Waals surface area (Å²) in [6.45, 7) is 6.87. The number of H-pyrrole nitrogens is 1. The molecule has 0 atom stereocenters. The first-order valence-corrected chi connectivity index (χ1v) is 9.59. The number of ether oxygens (including phenoxy) is 1. The number of carbonyl (C=O) groups excluding carboxylic acids is 1. The van der Waals surface area contributed by atoms with Crippen LogP contribution in [0.3, 0.4) is 0 Å². The Morgan fingerprint density at radius 3 is 2.78 bits per heavy atom. The predicted molar refractivity (Wildman–Crippen MR) is 104 cm³/mol. The minimum Gasteiger partial charge on any atom is -0.444 e. The van der Waals surface area contributed by atoms with Gasteiger partial charge in [-0.05, 0) is 51.7 Å². The molecule has 3 heterocycles. The van der Waals surface area contributed by atoms with Crippen molar-refractivity contribution < 1.29 is 9.53 Å². The van der Waals surface area contributed by atoms with Gasteiger partial charge < -0.3 is 9.64 Å². The predicted octanol–water partition coefficient (Wildman–Crippen LogP) is 4.37. The molecule has 2 aromatic heterocycles. The molecular formula is C21H26N4O2. The molecular weight excluding hydrogens is 340 g/mol. The third-order valence-corrected chi connectivity index (χ3v) is 4.90. The molecule has 1 amide bonds. The molecule has 1 aliphatic carbocycles. The highest BCUT2D eigenvalue weighted by Gasteiger charge is 2.30. The summed E-state index contributed by atoms with van der Waals surface area (Å²) in [5.74, 6) is 0.559. The first-order chi connectivity index (χ1) is 12.9. The van der Waals surface area contributed by atoms with Gasteiger partial charge in [-0.1, -0.05) is 12.1 Å². The summed E-state index contributed by atoms with van der Waals surface area (Å²) in [7, 11) is 0. The average Bonchev–Trinajstić information content (AvgIpc) is 3.37. The van der Waals surface area contributed by atoms with E-state index in [1.54, 1.807) is 4.90 Å². The first-order valence-electron chi connectivity index (χ1n) is 9.59. The standard InChI is InChI=1S/C21H26N4O2/c1-21(2,3)27-20(26)25-11-8-14(9-12-25)16-5-4-10-22-19(16)17-13-23-24-18(17)15-6-7-15/h4-5,8,10,13,15H,6-7,9,11-12H2,1-3H3,(H,23,24). The van der Waals surface area contributed by atoms with E-state index in [4.69, 9.17) is 4.74 Å². The zero-order valence-electron chi connectivity index (χ0n) is 16.2. The lowest BCUT2D eigenvalue weighted by Gasteiger charge is -2.30. The van der Waals surface area contributed by atoms with Gasteiger partial charge in [-0.15, -0.1) is 0 Å². The molecule has 2 aromatic rings. The Kier molecular flexibility index (Phi) is 4.50. The Balaban J connectivity index is 1.57. The second-order valence-corrected chi connectivity index (χ2v) is 8.26.